The molecular weight excluding hydrogens is 260 g/mol. The Morgan fingerprint density at radius 2 is 2.00 bits per heavy atom. The van der Waals surface area contributed by atoms with Gasteiger partial charge in [-0.2, -0.15) is 0 Å². The Hall–Kier alpha value is -2.76. The van der Waals surface area contributed by atoms with Gasteiger partial charge in [0.05, 0.1) is 25.6 Å². The summed E-state index contributed by atoms with van der Waals surface area (Å²) in [7, 11) is 1.52. The van der Waals surface area contributed by atoms with E-state index in [0.29, 0.717) is 11.4 Å². The molecule has 0 atom stereocenters. The first kappa shape index (κ1) is 13.7. The number of furan rings is 1. The van der Waals surface area contributed by atoms with Crippen molar-refractivity contribution in [2.24, 2.45) is 0 Å². The molecule has 2 rings (SSSR count). The second kappa shape index (κ2) is 6.42. The summed E-state index contributed by atoms with van der Waals surface area (Å²) in [6, 6.07) is 10.1. The number of hydrogen-bond donors (Lipinski definition) is 2. The third-order valence-electron chi connectivity index (χ3n) is 2.54. The maximum absolute atomic E-state index is 11.7. The van der Waals surface area contributed by atoms with Gasteiger partial charge in [0.15, 0.2) is 5.76 Å². The van der Waals surface area contributed by atoms with Gasteiger partial charge < -0.3 is 19.8 Å². The molecule has 0 radical (unpaired) electrons. The van der Waals surface area contributed by atoms with Crippen LogP contribution in [0.15, 0.2) is 47.1 Å². The number of rotatable bonds is 5. The number of benzene rings is 1. The fraction of sp³-hybridized carbons (Fsp3) is 0.143. The quantitative estimate of drug-likeness (QED) is 0.868. The summed E-state index contributed by atoms with van der Waals surface area (Å²) in [5, 5.41) is 5.11. The molecule has 2 aromatic rings. The highest BCUT2D eigenvalue weighted by Crippen LogP contribution is 2.22. The van der Waals surface area contributed by atoms with Crippen molar-refractivity contribution < 1.29 is 18.7 Å². The molecule has 1 heterocycles. The van der Waals surface area contributed by atoms with Crippen LogP contribution in [0.1, 0.15) is 10.6 Å². The molecule has 2 amide bonds. The summed E-state index contributed by atoms with van der Waals surface area (Å²) < 4.78 is 10.0. The zero-order valence-corrected chi connectivity index (χ0v) is 10.9. The van der Waals surface area contributed by atoms with Gasteiger partial charge >= 0.3 is 0 Å². The lowest BCUT2D eigenvalue weighted by Gasteiger charge is -2.09. The molecule has 1 aromatic carbocycles. The van der Waals surface area contributed by atoms with Crippen LogP contribution in [0.25, 0.3) is 0 Å². The summed E-state index contributed by atoms with van der Waals surface area (Å²) in [6.45, 7) is -0.155. The molecule has 20 heavy (non-hydrogen) atoms. The molecule has 1 aromatic heterocycles. The largest absolute Gasteiger partial charge is 0.495 e. The monoisotopic (exact) mass is 274 g/mol. The van der Waals surface area contributed by atoms with Crippen LogP contribution in [0.4, 0.5) is 5.69 Å². The number of anilines is 1. The number of nitrogens with one attached hydrogen (secondary N) is 2. The Balaban J connectivity index is 1.88. The smallest absolute Gasteiger partial charge is 0.287 e. The molecule has 0 unspecified atom stereocenters. The van der Waals surface area contributed by atoms with Gasteiger partial charge in [0.2, 0.25) is 5.91 Å². The van der Waals surface area contributed by atoms with Gasteiger partial charge in [-0.15, -0.1) is 0 Å². The minimum Gasteiger partial charge on any atom is -0.495 e. The van der Waals surface area contributed by atoms with E-state index in [1.165, 1.54) is 19.4 Å². The first-order chi connectivity index (χ1) is 9.70. The molecule has 0 aliphatic rings. The van der Waals surface area contributed by atoms with Crippen molar-refractivity contribution in [2.45, 2.75) is 0 Å². The van der Waals surface area contributed by atoms with E-state index in [9.17, 15) is 9.59 Å². The van der Waals surface area contributed by atoms with E-state index in [4.69, 9.17) is 9.15 Å². The lowest BCUT2D eigenvalue weighted by molar-refractivity contribution is -0.115. The minimum absolute atomic E-state index is 0.155. The zero-order valence-electron chi connectivity index (χ0n) is 10.9. The second-order valence-electron chi connectivity index (χ2n) is 3.91. The van der Waals surface area contributed by atoms with Crippen molar-refractivity contribution in [3.05, 3.63) is 48.4 Å². The van der Waals surface area contributed by atoms with E-state index >= 15 is 0 Å². The van der Waals surface area contributed by atoms with E-state index in [1.807, 2.05) is 0 Å². The molecule has 0 bridgehead atoms. The lowest BCUT2D eigenvalue weighted by Crippen LogP contribution is -2.32. The van der Waals surface area contributed by atoms with Crippen molar-refractivity contribution in [1.29, 1.82) is 0 Å². The molecular formula is C14H14N2O4. The van der Waals surface area contributed by atoms with Gasteiger partial charge in [-0.25, -0.2) is 0 Å². The Bertz CT molecular complexity index is 593. The molecule has 0 aliphatic carbocycles. The molecule has 2 N–H and O–H groups in total. The average Bonchev–Trinajstić information content (AvgIpc) is 2.99. The van der Waals surface area contributed by atoms with Crippen LogP contribution in [0.5, 0.6) is 5.75 Å². The van der Waals surface area contributed by atoms with Crippen LogP contribution in [0, 0.1) is 0 Å². The highest BCUT2D eigenvalue weighted by molar-refractivity contribution is 5.98. The molecule has 0 saturated carbocycles. The fourth-order valence-electron chi connectivity index (χ4n) is 1.60. The normalized spacial score (nSPS) is 9.85. The Morgan fingerprint density at radius 3 is 2.70 bits per heavy atom. The summed E-state index contributed by atoms with van der Waals surface area (Å²) in [5.41, 5.74) is 0.548. The second-order valence-corrected chi connectivity index (χ2v) is 3.91. The van der Waals surface area contributed by atoms with Crippen molar-refractivity contribution >= 4 is 17.5 Å². The van der Waals surface area contributed by atoms with Crippen molar-refractivity contribution in [1.82, 2.24) is 5.32 Å². The van der Waals surface area contributed by atoms with E-state index in [1.54, 1.807) is 30.3 Å². The maximum Gasteiger partial charge on any atom is 0.287 e. The molecule has 104 valence electrons. The predicted octanol–water partition coefficient (Wildman–Crippen LogP) is 1.66. The highest BCUT2D eigenvalue weighted by Gasteiger charge is 2.11. The van der Waals surface area contributed by atoms with E-state index in [0.717, 1.165) is 0 Å². The Kier molecular flexibility index (Phi) is 4.39. The van der Waals surface area contributed by atoms with E-state index in [2.05, 4.69) is 10.6 Å². The lowest BCUT2D eigenvalue weighted by atomic mass is 10.3. The fourth-order valence-corrected chi connectivity index (χ4v) is 1.60. The zero-order chi connectivity index (χ0) is 14.4. The van der Waals surface area contributed by atoms with Gasteiger partial charge in [0.25, 0.3) is 5.91 Å². The summed E-state index contributed by atoms with van der Waals surface area (Å²) in [6.07, 6.45) is 1.39. The number of hydrogen-bond acceptors (Lipinski definition) is 4. The molecule has 6 nitrogen and oxygen atoms in total. The average molecular weight is 274 g/mol. The third kappa shape index (κ3) is 3.38. The first-order valence-electron chi connectivity index (χ1n) is 5.95. The van der Waals surface area contributed by atoms with Crippen LogP contribution >= 0.6 is 0 Å². The van der Waals surface area contributed by atoms with Crippen LogP contribution in [0.2, 0.25) is 0 Å². The highest BCUT2D eigenvalue weighted by atomic mass is 16.5. The van der Waals surface area contributed by atoms with Crippen molar-refractivity contribution in [2.75, 3.05) is 19.0 Å². The summed E-state index contributed by atoms with van der Waals surface area (Å²) in [5.74, 6) is -0.0760. The first-order valence-corrected chi connectivity index (χ1v) is 5.95. The van der Waals surface area contributed by atoms with Crippen molar-refractivity contribution in [3.8, 4) is 5.75 Å². The van der Waals surface area contributed by atoms with Crippen molar-refractivity contribution in [3.63, 3.8) is 0 Å². The topological polar surface area (TPSA) is 80.6 Å². The summed E-state index contributed by atoms with van der Waals surface area (Å²) in [4.78, 5) is 23.3. The number of amides is 2. The van der Waals surface area contributed by atoms with Gasteiger partial charge in [0.1, 0.15) is 5.75 Å². The molecule has 0 aliphatic heterocycles. The van der Waals surface area contributed by atoms with Crippen LogP contribution in [-0.2, 0) is 4.79 Å². The number of para-hydroxylation sites is 2. The SMILES string of the molecule is COc1ccccc1NC(=O)CNC(=O)c1ccco1. The molecule has 0 fully saturated rings. The number of ether oxygens (including phenoxy) is 1. The van der Waals surface area contributed by atoms with E-state index in [-0.39, 0.29) is 18.2 Å². The van der Waals surface area contributed by atoms with Gasteiger partial charge in [-0.1, -0.05) is 12.1 Å². The van der Waals surface area contributed by atoms with Gasteiger partial charge in [-0.3, -0.25) is 9.59 Å². The number of methoxy groups -OCH3 is 1. The molecule has 6 heteroatoms. The van der Waals surface area contributed by atoms with Gasteiger partial charge in [0, 0.05) is 0 Å². The number of carbonyl (C=O) groups is 2. The Morgan fingerprint density at radius 1 is 1.20 bits per heavy atom. The predicted molar refractivity (Wildman–Crippen MR) is 72.7 cm³/mol. The van der Waals surface area contributed by atoms with Gasteiger partial charge in [-0.05, 0) is 24.3 Å². The summed E-state index contributed by atoms with van der Waals surface area (Å²) >= 11 is 0. The molecule has 0 spiro atoms. The third-order valence-corrected chi connectivity index (χ3v) is 2.54. The van der Waals surface area contributed by atoms with Crippen LogP contribution in [0.3, 0.4) is 0 Å². The minimum atomic E-state index is -0.440. The number of carbonyl (C=O) groups excluding carboxylic acids is 2. The molecule has 0 saturated heterocycles. The Labute approximate surface area is 115 Å². The standard InChI is InChI=1S/C14H14N2O4/c1-19-11-6-3-2-5-10(11)16-13(17)9-15-14(18)12-7-4-8-20-12/h2-8H,9H2,1H3,(H,15,18)(H,16,17). The van der Waals surface area contributed by atoms with Crippen LogP contribution in [-0.4, -0.2) is 25.5 Å². The maximum atomic E-state index is 11.7. The van der Waals surface area contributed by atoms with E-state index < -0.39 is 5.91 Å². The van der Waals surface area contributed by atoms with Crippen LogP contribution < -0.4 is 15.4 Å².